The molecule has 1 aromatic carbocycles. The first-order valence-corrected chi connectivity index (χ1v) is 8.62. The van der Waals surface area contributed by atoms with Crippen molar-refractivity contribution < 1.29 is 14.0 Å². The minimum atomic E-state index is -0.366. The molecule has 3 N–H and O–H groups in total. The number of nitrogens with one attached hydrogen (secondary N) is 1. The van der Waals surface area contributed by atoms with E-state index in [1.165, 1.54) is 24.3 Å². The molecule has 0 spiro atoms. The number of piperidine rings is 1. The Kier molecular flexibility index (Phi) is 5.14. The lowest BCUT2D eigenvalue weighted by atomic mass is 9.96. The molecule has 130 valence electrons. The molecule has 2 atom stereocenters. The van der Waals surface area contributed by atoms with E-state index in [0.717, 1.165) is 25.7 Å². The molecule has 1 aliphatic carbocycles. The predicted octanol–water partition coefficient (Wildman–Crippen LogP) is 1.53. The normalized spacial score (nSPS) is 22.1. The molecule has 1 aromatic rings. The molecular formula is C18H24FN3O2. The Hall–Kier alpha value is -1.95. The predicted molar refractivity (Wildman–Crippen MR) is 88.7 cm³/mol. The molecule has 6 heteroatoms. The SMILES string of the molecule is NC(CNC(=O)C1CCCN(C(=O)c2ccc(F)cc2)C1)C1CC1. The maximum Gasteiger partial charge on any atom is 0.253 e. The van der Waals surface area contributed by atoms with E-state index < -0.39 is 0 Å². The summed E-state index contributed by atoms with van der Waals surface area (Å²) in [6, 6.07) is 5.56. The Bertz CT molecular complexity index is 601. The van der Waals surface area contributed by atoms with Crippen LogP contribution in [0.25, 0.3) is 0 Å². The fourth-order valence-corrected chi connectivity index (χ4v) is 3.20. The van der Waals surface area contributed by atoms with Crippen molar-refractivity contribution in [2.24, 2.45) is 17.6 Å². The van der Waals surface area contributed by atoms with Gasteiger partial charge in [0, 0.05) is 31.2 Å². The number of carbonyl (C=O) groups is 2. The first-order valence-electron chi connectivity index (χ1n) is 8.62. The molecule has 5 nitrogen and oxygen atoms in total. The third-order valence-electron chi connectivity index (χ3n) is 4.91. The van der Waals surface area contributed by atoms with Crippen LogP contribution < -0.4 is 11.1 Å². The summed E-state index contributed by atoms with van der Waals surface area (Å²) in [6.07, 6.45) is 3.87. The van der Waals surface area contributed by atoms with Crippen molar-refractivity contribution in [3.63, 3.8) is 0 Å². The number of benzene rings is 1. The number of carbonyl (C=O) groups excluding carboxylic acids is 2. The molecule has 2 unspecified atom stereocenters. The van der Waals surface area contributed by atoms with E-state index in [9.17, 15) is 14.0 Å². The Morgan fingerprint density at radius 3 is 2.62 bits per heavy atom. The third-order valence-corrected chi connectivity index (χ3v) is 4.91. The molecule has 2 fully saturated rings. The van der Waals surface area contributed by atoms with Crippen molar-refractivity contribution in [2.75, 3.05) is 19.6 Å². The van der Waals surface area contributed by atoms with Crippen LogP contribution in [0.3, 0.4) is 0 Å². The number of hydrogen-bond donors (Lipinski definition) is 2. The van der Waals surface area contributed by atoms with Gasteiger partial charge < -0.3 is 16.0 Å². The zero-order chi connectivity index (χ0) is 17.1. The minimum absolute atomic E-state index is 0.0253. The van der Waals surface area contributed by atoms with Gasteiger partial charge in [-0.3, -0.25) is 9.59 Å². The lowest BCUT2D eigenvalue weighted by molar-refractivity contribution is -0.126. The maximum atomic E-state index is 13.0. The van der Waals surface area contributed by atoms with Gasteiger partial charge in [0.25, 0.3) is 5.91 Å². The zero-order valence-corrected chi connectivity index (χ0v) is 13.7. The molecule has 0 bridgehead atoms. The summed E-state index contributed by atoms with van der Waals surface area (Å²) in [5, 5.41) is 2.93. The van der Waals surface area contributed by atoms with Crippen LogP contribution in [0.1, 0.15) is 36.0 Å². The number of nitrogens with zero attached hydrogens (tertiary/aromatic N) is 1. The van der Waals surface area contributed by atoms with E-state index in [1.54, 1.807) is 4.90 Å². The summed E-state index contributed by atoms with van der Waals surface area (Å²) in [7, 11) is 0. The molecule has 1 aliphatic heterocycles. The first-order chi connectivity index (χ1) is 11.5. The van der Waals surface area contributed by atoms with Crippen molar-refractivity contribution in [3.8, 4) is 0 Å². The van der Waals surface area contributed by atoms with E-state index in [1.807, 2.05) is 0 Å². The van der Waals surface area contributed by atoms with Crippen LogP contribution in [0.2, 0.25) is 0 Å². The van der Waals surface area contributed by atoms with Gasteiger partial charge in [0.15, 0.2) is 0 Å². The van der Waals surface area contributed by atoms with Gasteiger partial charge in [0.1, 0.15) is 5.82 Å². The third kappa shape index (κ3) is 4.12. The van der Waals surface area contributed by atoms with E-state index in [2.05, 4.69) is 5.32 Å². The fourth-order valence-electron chi connectivity index (χ4n) is 3.20. The van der Waals surface area contributed by atoms with E-state index in [0.29, 0.717) is 31.1 Å². The molecule has 1 saturated heterocycles. The van der Waals surface area contributed by atoms with Gasteiger partial charge in [-0.2, -0.15) is 0 Å². The largest absolute Gasteiger partial charge is 0.354 e. The van der Waals surface area contributed by atoms with Crippen molar-refractivity contribution in [3.05, 3.63) is 35.6 Å². The number of amides is 2. The van der Waals surface area contributed by atoms with Gasteiger partial charge in [-0.25, -0.2) is 4.39 Å². The fraction of sp³-hybridized carbons (Fsp3) is 0.556. The molecule has 1 saturated carbocycles. The van der Waals surface area contributed by atoms with Crippen LogP contribution in [0, 0.1) is 17.7 Å². The van der Waals surface area contributed by atoms with Crippen LogP contribution in [-0.2, 0) is 4.79 Å². The summed E-state index contributed by atoms with van der Waals surface area (Å²) < 4.78 is 13.0. The lowest BCUT2D eigenvalue weighted by Gasteiger charge is -2.32. The highest BCUT2D eigenvalue weighted by Gasteiger charge is 2.31. The summed E-state index contributed by atoms with van der Waals surface area (Å²) in [4.78, 5) is 26.5. The Morgan fingerprint density at radius 2 is 1.96 bits per heavy atom. The maximum absolute atomic E-state index is 13.0. The quantitative estimate of drug-likeness (QED) is 0.858. The van der Waals surface area contributed by atoms with Crippen molar-refractivity contribution in [2.45, 2.75) is 31.7 Å². The molecule has 2 aliphatic rings. The second-order valence-electron chi connectivity index (χ2n) is 6.84. The second kappa shape index (κ2) is 7.30. The second-order valence-corrected chi connectivity index (χ2v) is 6.84. The van der Waals surface area contributed by atoms with E-state index >= 15 is 0 Å². The van der Waals surface area contributed by atoms with Gasteiger partial charge in [0.2, 0.25) is 5.91 Å². The molecule has 1 heterocycles. The van der Waals surface area contributed by atoms with Crippen molar-refractivity contribution >= 4 is 11.8 Å². The molecule has 24 heavy (non-hydrogen) atoms. The standard InChI is InChI=1S/C18H24FN3O2/c19-15-7-5-13(6-8-15)18(24)22-9-1-2-14(11-22)17(23)21-10-16(20)12-3-4-12/h5-8,12,14,16H,1-4,9-11,20H2,(H,21,23). The molecule has 0 radical (unpaired) electrons. The van der Waals surface area contributed by atoms with E-state index in [-0.39, 0.29) is 29.6 Å². The number of halogens is 1. The van der Waals surface area contributed by atoms with Gasteiger partial charge in [-0.1, -0.05) is 0 Å². The zero-order valence-electron chi connectivity index (χ0n) is 13.7. The minimum Gasteiger partial charge on any atom is -0.354 e. The monoisotopic (exact) mass is 333 g/mol. The smallest absolute Gasteiger partial charge is 0.253 e. The summed E-state index contributed by atoms with van der Waals surface area (Å²) in [6.45, 7) is 1.54. The number of likely N-dealkylation sites (tertiary alicyclic amines) is 1. The molecule has 0 aromatic heterocycles. The van der Waals surface area contributed by atoms with Crippen molar-refractivity contribution in [1.82, 2.24) is 10.2 Å². The van der Waals surface area contributed by atoms with Crippen LogP contribution >= 0.6 is 0 Å². The first kappa shape index (κ1) is 16.9. The number of nitrogens with two attached hydrogens (primary N) is 1. The highest BCUT2D eigenvalue weighted by molar-refractivity contribution is 5.94. The van der Waals surface area contributed by atoms with Gasteiger partial charge in [-0.15, -0.1) is 0 Å². The van der Waals surface area contributed by atoms with Crippen LogP contribution in [0.5, 0.6) is 0 Å². The Morgan fingerprint density at radius 1 is 1.25 bits per heavy atom. The van der Waals surface area contributed by atoms with Gasteiger partial charge in [0.05, 0.1) is 5.92 Å². The average Bonchev–Trinajstić information content (AvgIpc) is 3.44. The summed E-state index contributed by atoms with van der Waals surface area (Å²) in [5.41, 5.74) is 6.46. The van der Waals surface area contributed by atoms with E-state index in [4.69, 9.17) is 5.73 Å². The summed E-state index contributed by atoms with van der Waals surface area (Å²) >= 11 is 0. The summed E-state index contributed by atoms with van der Waals surface area (Å²) in [5.74, 6) is -0.193. The Balaban J connectivity index is 1.54. The highest BCUT2D eigenvalue weighted by Crippen LogP contribution is 2.31. The average molecular weight is 333 g/mol. The van der Waals surface area contributed by atoms with Crippen LogP contribution in [-0.4, -0.2) is 42.4 Å². The molecule has 2 amide bonds. The molecular weight excluding hydrogens is 309 g/mol. The van der Waals surface area contributed by atoms with Crippen LogP contribution in [0.4, 0.5) is 4.39 Å². The highest BCUT2D eigenvalue weighted by atomic mass is 19.1. The Labute approximate surface area is 141 Å². The van der Waals surface area contributed by atoms with Gasteiger partial charge in [-0.05, 0) is 55.9 Å². The van der Waals surface area contributed by atoms with Crippen LogP contribution in [0.15, 0.2) is 24.3 Å². The van der Waals surface area contributed by atoms with Crippen molar-refractivity contribution in [1.29, 1.82) is 0 Å². The topological polar surface area (TPSA) is 75.4 Å². The van der Waals surface area contributed by atoms with Gasteiger partial charge >= 0.3 is 0 Å². The molecule has 3 rings (SSSR count). The lowest BCUT2D eigenvalue weighted by Crippen LogP contribution is -2.47. The number of hydrogen-bond acceptors (Lipinski definition) is 3. The number of rotatable bonds is 5.